The van der Waals surface area contributed by atoms with Gasteiger partial charge in [-0.3, -0.25) is 4.72 Å². The molecule has 1 aromatic carbocycles. The van der Waals surface area contributed by atoms with Crippen LogP contribution in [0, 0.1) is 13.8 Å². The van der Waals surface area contributed by atoms with Gasteiger partial charge in [-0.2, -0.15) is 0 Å². The molecule has 0 saturated heterocycles. The maximum atomic E-state index is 12.5. The third kappa shape index (κ3) is 2.90. The van der Waals surface area contributed by atoms with Crippen LogP contribution in [0.15, 0.2) is 51.2 Å². The lowest BCUT2D eigenvalue weighted by Gasteiger charge is -2.08. The van der Waals surface area contributed by atoms with Gasteiger partial charge >= 0.3 is 0 Å². The third-order valence-corrected chi connectivity index (χ3v) is 6.06. The molecule has 0 aliphatic rings. The highest BCUT2D eigenvalue weighted by atomic mass is 32.2. The average Bonchev–Trinajstić information content (AvgIpc) is 3.10. The monoisotopic (exact) mass is 334 g/mol. The number of aromatic nitrogens is 1. The Hall–Kier alpha value is -2.12. The van der Waals surface area contributed by atoms with Crippen molar-refractivity contribution >= 4 is 27.0 Å². The fourth-order valence-electron chi connectivity index (χ4n) is 1.96. The first-order valence-electron chi connectivity index (χ1n) is 6.58. The van der Waals surface area contributed by atoms with E-state index in [1.165, 1.54) is 0 Å². The minimum absolute atomic E-state index is 0.236. The second kappa shape index (κ2) is 5.58. The number of anilines is 1. The number of benzene rings is 1. The van der Waals surface area contributed by atoms with Gasteiger partial charge in [0.2, 0.25) is 0 Å². The average molecular weight is 334 g/mol. The van der Waals surface area contributed by atoms with E-state index in [1.54, 1.807) is 30.3 Å². The van der Waals surface area contributed by atoms with Crippen LogP contribution in [0.1, 0.15) is 11.3 Å². The first-order valence-corrected chi connectivity index (χ1v) is 8.88. The van der Waals surface area contributed by atoms with Gasteiger partial charge in [0, 0.05) is 6.07 Å². The number of nitrogens with one attached hydrogen (secondary N) is 1. The molecule has 5 nitrogen and oxygen atoms in total. The standard InChI is InChI=1S/C15H14N2O3S2/c1-10-5-3-4-6-12(10)17-22(18,19)15-8-7-14(21-15)13-9-11(2)16-20-13/h3-9,17H,1-2H3. The Labute approximate surface area is 132 Å². The van der Waals surface area contributed by atoms with Gasteiger partial charge in [0.25, 0.3) is 10.0 Å². The van der Waals surface area contributed by atoms with Gasteiger partial charge < -0.3 is 4.52 Å². The SMILES string of the molecule is Cc1cc(-c2ccc(S(=O)(=O)Nc3ccccc3C)s2)on1. The number of sulfonamides is 1. The van der Waals surface area contributed by atoms with Crippen LogP contribution in [0.2, 0.25) is 0 Å². The summed E-state index contributed by atoms with van der Waals surface area (Å²) in [4.78, 5) is 0.728. The van der Waals surface area contributed by atoms with Crippen LogP contribution in [0.3, 0.4) is 0 Å². The summed E-state index contributed by atoms with van der Waals surface area (Å²) in [7, 11) is -3.61. The zero-order chi connectivity index (χ0) is 15.7. The summed E-state index contributed by atoms with van der Waals surface area (Å²) >= 11 is 1.15. The number of thiophene rings is 1. The highest BCUT2D eigenvalue weighted by Crippen LogP contribution is 2.32. The molecule has 22 heavy (non-hydrogen) atoms. The quantitative estimate of drug-likeness (QED) is 0.787. The van der Waals surface area contributed by atoms with Crippen molar-refractivity contribution in [2.45, 2.75) is 18.1 Å². The van der Waals surface area contributed by atoms with Crippen molar-refractivity contribution in [1.82, 2.24) is 5.16 Å². The Balaban J connectivity index is 1.90. The highest BCUT2D eigenvalue weighted by Gasteiger charge is 2.19. The number of rotatable bonds is 4. The summed E-state index contributed by atoms with van der Waals surface area (Å²) in [5.41, 5.74) is 2.20. The minimum atomic E-state index is -3.61. The predicted octanol–water partition coefficient (Wildman–Crippen LogP) is 3.82. The van der Waals surface area contributed by atoms with E-state index in [1.807, 2.05) is 26.0 Å². The van der Waals surface area contributed by atoms with Crippen LogP contribution in [0.5, 0.6) is 0 Å². The molecular weight excluding hydrogens is 320 g/mol. The summed E-state index contributed by atoms with van der Waals surface area (Å²) in [5.74, 6) is 0.569. The van der Waals surface area contributed by atoms with Crippen LogP contribution in [0.25, 0.3) is 10.6 Å². The molecule has 0 fully saturated rings. The van der Waals surface area contributed by atoms with Gasteiger partial charge in [0.05, 0.1) is 16.3 Å². The molecule has 3 rings (SSSR count). The minimum Gasteiger partial charge on any atom is -0.355 e. The van der Waals surface area contributed by atoms with Crippen LogP contribution in [0.4, 0.5) is 5.69 Å². The van der Waals surface area contributed by atoms with E-state index in [4.69, 9.17) is 4.52 Å². The maximum Gasteiger partial charge on any atom is 0.271 e. The van der Waals surface area contributed by atoms with Crippen molar-refractivity contribution in [2.24, 2.45) is 0 Å². The summed E-state index contributed by atoms with van der Waals surface area (Å²) < 4.78 is 32.9. The second-order valence-electron chi connectivity index (χ2n) is 4.87. The molecule has 7 heteroatoms. The molecule has 0 atom stereocenters. The molecule has 114 valence electrons. The van der Waals surface area contributed by atoms with E-state index in [9.17, 15) is 8.42 Å². The van der Waals surface area contributed by atoms with E-state index in [0.717, 1.165) is 27.5 Å². The normalized spacial score (nSPS) is 11.5. The molecule has 0 saturated carbocycles. The fourth-order valence-corrected chi connectivity index (χ4v) is 4.34. The summed E-state index contributed by atoms with van der Waals surface area (Å²) in [5, 5.41) is 3.81. The summed E-state index contributed by atoms with van der Waals surface area (Å²) in [6, 6.07) is 12.3. The zero-order valence-corrected chi connectivity index (χ0v) is 13.7. The molecule has 0 aliphatic heterocycles. The zero-order valence-electron chi connectivity index (χ0n) is 12.0. The summed E-state index contributed by atoms with van der Waals surface area (Å²) in [6.07, 6.45) is 0. The van der Waals surface area contributed by atoms with Crippen LogP contribution in [-0.2, 0) is 10.0 Å². The molecule has 2 heterocycles. The number of hydrogen-bond acceptors (Lipinski definition) is 5. The van der Waals surface area contributed by atoms with Gasteiger partial charge in [-0.25, -0.2) is 8.42 Å². The van der Waals surface area contributed by atoms with Crippen molar-refractivity contribution in [3.8, 4) is 10.6 Å². The molecule has 0 bridgehead atoms. The van der Waals surface area contributed by atoms with Gasteiger partial charge in [-0.05, 0) is 37.6 Å². The van der Waals surface area contributed by atoms with Gasteiger partial charge in [-0.15, -0.1) is 11.3 Å². The summed E-state index contributed by atoms with van der Waals surface area (Å²) in [6.45, 7) is 3.67. The topological polar surface area (TPSA) is 72.2 Å². The van der Waals surface area contributed by atoms with Crippen LogP contribution in [-0.4, -0.2) is 13.6 Å². The van der Waals surface area contributed by atoms with Gasteiger partial charge in [0.15, 0.2) is 5.76 Å². The van der Waals surface area contributed by atoms with Crippen molar-refractivity contribution in [3.63, 3.8) is 0 Å². The maximum absolute atomic E-state index is 12.5. The first-order chi connectivity index (χ1) is 10.5. The fraction of sp³-hybridized carbons (Fsp3) is 0.133. The molecular formula is C15H14N2O3S2. The number of aryl methyl sites for hydroxylation is 2. The van der Waals surface area contributed by atoms with E-state index in [2.05, 4.69) is 9.88 Å². The molecule has 0 amide bonds. The van der Waals surface area contributed by atoms with E-state index in [-0.39, 0.29) is 4.21 Å². The Morgan fingerprint density at radius 1 is 1.14 bits per heavy atom. The highest BCUT2D eigenvalue weighted by molar-refractivity contribution is 7.94. The molecule has 0 aliphatic carbocycles. The van der Waals surface area contributed by atoms with Crippen LogP contribution >= 0.6 is 11.3 Å². The predicted molar refractivity (Wildman–Crippen MR) is 86.5 cm³/mol. The molecule has 3 aromatic rings. The molecule has 0 radical (unpaired) electrons. The van der Waals surface area contributed by atoms with Crippen LogP contribution < -0.4 is 4.72 Å². The van der Waals surface area contributed by atoms with Crippen molar-refractivity contribution in [3.05, 3.63) is 53.7 Å². The molecule has 0 spiro atoms. The van der Waals surface area contributed by atoms with Crippen molar-refractivity contribution in [1.29, 1.82) is 0 Å². The Bertz CT molecular complexity index is 910. The number of para-hydroxylation sites is 1. The molecule has 1 N–H and O–H groups in total. The molecule has 2 aromatic heterocycles. The number of nitrogens with zero attached hydrogens (tertiary/aromatic N) is 1. The Kier molecular flexibility index (Phi) is 3.76. The third-order valence-electron chi connectivity index (χ3n) is 3.11. The Morgan fingerprint density at radius 3 is 2.59 bits per heavy atom. The lowest BCUT2D eigenvalue weighted by molar-refractivity contribution is 0.428. The number of hydrogen-bond donors (Lipinski definition) is 1. The van der Waals surface area contributed by atoms with Crippen molar-refractivity contribution in [2.75, 3.05) is 4.72 Å². The smallest absolute Gasteiger partial charge is 0.271 e. The lowest BCUT2D eigenvalue weighted by atomic mass is 10.2. The first kappa shape index (κ1) is 14.8. The molecule has 0 unspecified atom stereocenters. The lowest BCUT2D eigenvalue weighted by Crippen LogP contribution is -2.12. The van der Waals surface area contributed by atoms with E-state index < -0.39 is 10.0 Å². The van der Waals surface area contributed by atoms with Gasteiger partial charge in [0.1, 0.15) is 4.21 Å². The second-order valence-corrected chi connectivity index (χ2v) is 7.86. The van der Waals surface area contributed by atoms with Gasteiger partial charge in [-0.1, -0.05) is 23.4 Å². The Morgan fingerprint density at radius 2 is 1.91 bits per heavy atom. The largest absolute Gasteiger partial charge is 0.355 e. The van der Waals surface area contributed by atoms with E-state index >= 15 is 0 Å². The van der Waals surface area contributed by atoms with E-state index in [0.29, 0.717) is 11.4 Å². The van der Waals surface area contributed by atoms with Crippen molar-refractivity contribution < 1.29 is 12.9 Å².